The second kappa shape index (κ2) is 11.0. The summed E-state index contributed by atoms with van der Waals surface area (Å²) in [6.07, 6.45) is 0. The Balaban J connectivity index is 1.73. The molecule has 0 amide bonds. The predicted octanol–water partition coefficient (Wildman–Crippen LogP) is 5.78. The molecule has 0 saturated heterocycles. The minimum absolute atomic E-state index is 0.0709. The molecular formula is C27H30NO5S-. The Morgan fingerprint density at radius 3 is 2.18 bits per heavy atom. The molecular weight excluding hydrogens is 450 g/mol. The van der Waals surface area contributed by atoms with Crippen LogP contribution in [-0.2, 0) is 27.3 Å². The largest absolute Gasteiger partial charge is 0.760 e. The predicted molar refractivity (Wildman–Crippen MR) is 133 cm³/mol. The molecule has 0 spiro atoms. The molecule has 0 radical (unpaired) electrons. The van der Waals surface area contributed by atoms with Gasteiger partial charge in [0.1, 0.15) is 23.1 Å². The highest BCUT2D eigenvalue weighted by Crippen LogP contribution is 2.29. The Hall–Kier alpha value is -3.00. The van der Waals surface area contributed by atoms with Gasteiger partial charge in [0.2, 0.25) is 0 Å². The fourth-order valence-electron chi connectivity index (χ4n) is 3.48. The molecule has 3 rings (SSSR count). The van der Waals surface area contributed by atoms with E-state index < -0.39 is 28.9 Å². The van der Waals surface area contributed by atoms with E-state index in [1.54, 1.807) is 20.8 Å². The van der Waals surface area contributed by atoms with Crippen LogP contribution < -0.4 is 4.74 Å². The lowest BCUT2D eigenvalue weighted by Gasteiger charge is -2.31. The highest BCUT2D eigenvalue weighted by molar-refractivity contribution is 7.76. The third kappa shape index (κ3) is 7.00. The molecule has 180 valence electrons. The molecule has 0 bridgehead atoms. The number of aryl methyl sites for hydroxylation is 1. The van der Waals surface area contributed by atoms with Crippen LogP contribution in [0.3, 0.4) is 0 Å². The van der Waals surface area contributed by atoms with E-state index in [9.17, 15) is 13.6 Å². The minimum Gasteiger partial charge on any atom is -0.760 e. The number of carbonyl (C=O) groups is 1. The van der Waals surface area contributed by atoms with Gasteiger partial charge >= 0.3 is 5.97 Å². The summed E-state index contributed by atoms with van der Waals surface area (Å²) in [5.74, 6) is 0.938. The van der Waals surface area contributed by atoms with Gasteiger partial charge in [0.25, 0.3) is 0 Å². The molecule has 34 heavy (non-hydrogen) atoms. The molecule has 0 saturated carbocycles. The summed E-state index contributed by atoms with van der Waals surface area (Å²) in [6, 6.07) is 22.2. The van der Waals surface area contributed by atoms with Crippen LogP contribution in [-0.4, -0.2) is 30.7 Å². The highest BCUT2D eigenvalue weighted by atomic mass is 32.2. The van der Waals surface area contributed by atoms with E-state index in [-0.39, 0.29) is 6.54 Å². The number of ether oxygens (including phenoxy) is 2. The van der Waals surface area contributed by atoms with Crippen molar-refractivity contribution in [3.05, 3.63) is 83.9 Å². The molecule has 0 fully saturated rings. The lowest BCUT2D eigenvalue weighted by atomic mass is 9.98. The Bertz CT molecular complexity index is 1140. The first kappa shape index (κ1) is 25.6. The number of nitrogens with zero attached hydrogens (tertiary/aromatic N) is 1. The van der Waals surface area contributed by atoms with Gasteiger partial charge in [-0.15, -0.1) is 0 Å². The summed E-state index contributed by atoms with van der Waals surface area (Å²) >= 11 is -2.58. The summed E-state index contributed by atoms with van der Waals surface area (Å²) < 4.78 is 36.0. The lowest BCUT2D eigenvalue weighted by molar-refractivity contribution is -0.159. The lowest BCUT2D eigenvalue weighted by Crippen LogP contribution is -2.43. The maximum atomic E-state index is 12.4. The fourth-order valence-corrected chi connectivity index (χ4v) is 4.08. The summed E-state index contributed by atoms with van der Waals surface area (Å²) in [5.41, 5.74) is 3.14. The van der Waals surface area contributed by atoms with Crippen molar-refractivity contribution >= 4 is 17.2 Å². The van der Waals surface area contributed by atoms with Crippen molar-refractivity contribution < 1.29 is 23.0 Å². The average molecular weight is 481 g/mol. The summed E-state index contributed by atoms with van der Waals surface area (Å²) in [4.78, 5) is 12.4. The van der Waals surface area contributed by atoms with Crippen LogP contribution in [0.4, 0.5) is 0 Å². The zero-order valence-corrected chi connectivity index (χ0v) is 20.9. The van der Waals surface area contributed by atoms with Gasteiger partial charge in [-0.1, -0.05) is 48.5 Å². The molecule has 7 heteroatoms. The van der Waals surface area contributed by atoms with Crippen LogP contribution in [0.15, 0.2) is 72.8 Å². The molecule has 6 nitrogen and oxygen atoms in total. The molecule has 0 aromatic heterocycles. The van der Waals surface area contributed by atoms with Gasteiger partial charge in [0.05, 0.1) is 0 Å². The van der Waals surface area contributed by atoms with Crippen LogP contribution in [0.5, 0.6) is 11.5 Å². The van der Waals surface area contributed by atoms with E-state index in [1.165, 1.54) is 6.92 Å². The molecule has 3 aromatic carbocycles. The van der Waals surface area contributed by atoms with Gasteiger partial charge in [-0.25, -0.2) is 4.31 Å². The number of carbonyl (C=O) groups excluding carboxylic acids is 1. The fraction of sp³-hybridized carbons (Fsp3) is 0.296. The van der Waals surface area contributed by atoms with E-state index in [2.05, 4.69) is 0 Å². The van der Waals surface area contributed by atoms with Gasteiger partial charge in [-0.05, 0) is 81.1 Å². The second-order valence-electron chi connectivity index (χ2n) is 9.09. The number of hydrogen-bond donors (Lipinski definition) is 0. The topological polar surface area (TPSA) is 78.9 Å². The van der Waals surface area contributed by atoms with Crippen LogP contribution >= 0.6 is 0 Å². The molecule has 2 unspecified atom stereocenters. The van der Waals surface area contributed by atoms with Crippen molar-refractivity contribution in [2.45, 2.75) is 52.8 Å². The Morgan fingerprint density at radius 2 is 1.62 bits per heavy atom. The van der Waals surface area contributed by atoms with Crippen molar-refractivity contribution in [1.29, 1.82) is 0 Å². The summed E-state index contributed by atoms with van der Waals surface area (Å²) in [6.45, 7) is 8.82. The standard InChI is InChI=1S/C27H31NO5S/c1-19-17-21(18-28(34(30)31)20(2)26(29)33-27(3,4)5)11-16-25(19)22-12-14-24(15-13-22)32-23-9-7-6-8-10-23/h6-17,20H,18H2,1-5H3,(H,30,31)/p-1. The van der Waals surface area contributed by atoms with Gasteiger partial charge < -0.3 is 14.0 Å². The first-order valence-electron chi connectivity index (χ1n) is 11.1. The van der Waals surface area contributed by atoms with Crippen LogP contribution in [0.25, 0.3) is 11.1 Å². The maximum Gasteiger partial charge on any atom is 0.324 e. The van der Waals surface area contributed by atoms with Crippen molar-refractivity contribution in [3.8, 4) is 22.6 Å². The third-order valence-electron chi connectivity index (χ3n) is 5.14. The molecule has 0 aliphatic rings. The number of rotatable bonds is 8. The van der Waals surface area contributed by atoms with Gasteiger partial charge in [0.15, 0.2) is 0 Å². The molecule has 2 atom stereocenters. The molecule has 3 aromatic rings. The Labute approximate surface area is 203 Å². The highest BCUT2D eigenvalue weighted by Gasteiger charge is 2.27. The number of para-hydroxylation sites is 1. The first-order valence-corrected chi connectivity index (χ1v) is 12.1. The average Bonchev–Trinajstić information content (AvgIpc) is 2.77. The minimum atomic E-state index is -2.58. The molecule has 0 aliphatic carbocycles. The van der Waals surface area contributed by atoms with E-state index in [0.29, 0.717) is 0 Å². The quantitative estimate of drug-likeness (QED) is 0.302. The van der Waals surface area contributed by atoms with Crippen molar-refractivity contribution in [2.75, 3.05) is 0 Å². The van der Waals surface area contributed by atoms with Crippen molar-refractivity contribution in [2.24, 2.45) is 0 Å². The zero-order valence-electron chi connectivity index (χ0n) is 20.1. The SMILES string of the molecule is Cc1cc(CN(C(C)C(=O)OC(C)(C)C)S(=O)[O-])ccc1-c1ccc(Oc2ccccc2)cc1. The third-order valence-corrected chi connectivity index (χ3v) is 5.97. The van der Waals surface area contributed by atoms with Gasteiger partial charge in [-0.3, -0.25) is 9.00 Å². The van der Waals surface area contributed by atoms with Crippen molar-refractivity contribution in [3.63, 3.8) is 0 Å². The molecule has 0 aliphatic heterocycles. The number of benzene rings is 3. The van der Waals surface area contributed by atoms with E-state index in [4.69, 9.17) is 9.47 Å². The van der Waals surface area contributed by atoms with E-state index >= 15 is 0 Å². The molecule has 0 heterocycles. The number of esters is 1. The Morgan fingerprint density at radius 1 is 1.00 bits per heavy atom. The van der Waals surface area contributed by atoms with Gasteiger partial charge in [0, 0.05) is 17.8 Å². The van der Waals surface area contributed by atoms with E-state index in [0.717, 1.165) is 38.1 Å². The number of hydrogen-bond acceptors (Lipinski definition) is 5. The zero-order chi connectivity index (χ0) is 24.9. The summed E-state index contributed by atoms with van der Waals surface area (Å²) in [7, 11) is 0. The second-order valence-corrected chi connectivity index (χ2v) is 9.99. The normalized spacial score (nSPS) is 13.4. The van der Waals surface area contributed by atoms with Crippen molar-refractivity contribution in [1.82, 2.24) is 4.31 Å². The van der Waals surface area contributed by atoms with E-state index in [1.807, 2.05) is 79.7 Å². The Kier molecular flexibility index (Phi) is 8.25. The maximum absolute atomic E-state index is 12.4. The molecule has 0 N–H and O–H groups in total. The van der Waals surface area contributed by atoms with Crippen LogP contribution in [0.2, 0.25) is 0 Å². The first-order chi connectivity index (χ1) is 16.0. The van der Waals surface area contributed by atoms with Crippen LogP contribution in [0, 0.1) is 6.92 Å². The monoisotopic (exact) mass is 480 g/mol. The smallest absolute Gasteiger partial charge is 0.324 e. The van der Waals surface area contributed by atoms with Crippen LogP contribution in [0.1, 0.15) is 38.8 Å². The van der Waals surface area contributed by atoms with Gasteiger partial charge in [-0.2, -0.15) is 0 Å². The summed E-state index contributed by atoms with van der Waals surface area (Å²) in [5, 5.41) is 0.